The molecule has 0 unspecified atom stereocenters. The average molecular weight is 396 g/mol. The zero-order chi connectivity index (χ0) is 20.4. The van der Waals surface area contributed by atoms with Gasteiger partial charge >= 0.3 is 0 Å². The molecule has 2 N–H and O–H groups in total. The van der Waals surface area contributed by atoms with Gasteiger partial charge in [0.15, 0.2) is 0 Å². The first kappa shape index (κ1) is 19.4. The smallest absolute Gasteiger partial charge is 0.288 e. The molecule has 9 nitrogen and oxygen atoms in total. The summed E-state index contributed by atoms with van der Waals surface area (Å²) >= 11 is 0. The molecule has 29 heavy (non-hydrogen) atoms. The monoisotopic (exact) mass is 396 g/mol. The van der Waals surface area contributed by atoms with Gasteiger partial charge in [-0.05, 0) is 33.1 Å². The summed E-state index contributed by atoms with van der Waals surface area (Å²) in [6.45, 7) is 7.71. The van der Waals surface area contributed by atoms with Crippen LogP contribution in [0.3, 0.4) is 0 Å². The van der Waals surface area contributed by atoms with Gasteiger partial charge in [-0.3, -0.25) is 4.79 Å². The highest BCUT2D eigenvalue weighted by atomic mass is 16.2. The minimum atomic E-state index is -0.265. The Morgan fingerprint density at radius 1 is 1.10 bits per heavy atom. The van der Waals surface area contributed by atoms with Crippen LogP contribution in [0.2, 0.25) is 0 Å². The maximum Gasteiger partial charge on any atom is 0.288 e. The van der Waals surface area contributed by atoms with Crippen LogP contribution in [-0.2, 0) is 0 Å². The fraction of sp³-hybridized carbons (Fsp3) is 0.550. The van der Waals surface area contributed by atoms with Gasteiger partial charge < -0.3 is 20.4 Å². The number of hydrogen-bond acceptors (Lipinski definition) is 8. The van der Waals surface area contributed by atoms with E-state index in [2.05, 4.69) is 40.4 Å². The number of carbonyl (C=O) groups excluding carboxylic acids is 1. The summed E-state index contributed by atoms with van der Waals surface area (Å²) in [7, 11) is 1.59. The highest BCUT2D eigenvalue weighted by Crippen LogP contribution is 2.26. The van der Waals surface area contributed by atoms with E-state index in [-0.39, 0.29) is 17.8 Å². The van der Waals surface area contributed by atoms with Gasteiger partial charge in [0.2, 0.25) is 5.82 Å². The molecule has 2 aliphatic rings. The second-order valence-electron chi connectivity index (χ2n) is 7.69. The third kappa shape index (κ3) is 4.08. The van der Waals surface area contributed by atoms with E-state index in [0.29, 0.717) is 0 Å². The van der Waals surface area contributed by atoms with E-state index in [0.717, 1.165) is 61.3 Å². The predicted octanol–water partition coefficient (Wildman–Crippen LogP) is 1.53. The van der Waals surface area contributed by atoms with E-state index in [1.54, 1.807) is 13.4 Å². The van der Waals surface area contributed by atoms with Crippen molar-refractivity contribution in [2.24, 2.45) is 0 Å². The molecule has 0 aliphatic carbocycles. The molecule has 0 saturated carbocycles. The van der Waals surface area contributed by atoms with E-state index < -0.39 is 0 Å². The number of hydrogen-bond donors (Lipinski definition) is 2. The Balaban J connectivity index is 1.46. The third-order valence-electron chi connectivity index (χ3n) is 5.72. The molecule has 2 aromatic heterocycles. The largest absolute Gasteiger partial charge is 0.365 e. The molecule has 0 bridgehead atoms. The molecule has 0 radical (unpaired) electrons. The summed E-state index contributed by atoms with van der Waals surface area (Å²) in [5, 5.41) is 6.15. The van der Waals surface area contributed by atoms with Crippen LogP contribution in [0.4, 0.5) is 17.5 Å². The summed E-state index contributed by atoms with van der Waals surface area (Å²) in [6.07, 6.45) is 5.05. The third-order valence-corrected chi connectivity index (χ3v) is 5.72. The Kier molecular flexibility index (Phi) is 5.46. The molecule has 2 saturated heterocycles. The molecule has 4 heterocycles. The summed E-state index contributed by atoms with van der Waals surface area (Å²) in [5.41, 5.74) is 1.84. The molecule has 1 amide bonds. The van der Waals surface area contributed by atoms with E-state index >= 15 is 0 Å². The Hall–Kier alpha value is -2.97. The van der Waals surface area contributed by atoms with Gasteiger partial charge in [0, 0.05) is 56.6 Å². The molecule has 0 aromatic carbocycles. The highest BCUT2D eigenvalue weighted by molar-refractivity contribution is 5.90. The van der Waals surface area contributed by atoms with E-state index in [9.17, 15) is 4.79 Å². The fourth-order valence-corrected chi connectivity index (χ4v) is 3.96. The van der Waals surface area contributed by atoms with Gasteiger partial charge in [-0.25, -0.2) is 19.9 Å². The normalized spacial score (nSPS) is 18.9. The lowest BCUT2D eigenvalue weighted by Crippen LogP contribution is -2.29. The first-order valence-corrected chi connectivity index (χ1v) is 10.2. The van der Waals surface area contributed by atoms with Gasteiger partial charge in [0.05, 0.1) is 0 Å². The Morgan fingerprint density at radius 2 is 1.90 bits per heavy atom. The minimum Gasteiger partial charge on any atom is -0.365 e. The van der Waals surface area contributed by atoms with Crippen molar-refractivity contribution in [3.63, 3.8) is 0 Å². The quantitative estimate of drug-likeness (QED) is 0.785. The van der Waals surface area contributed by atoms with Crippen molar-refractivity contribution in [1.82, 2.24) is 25.3 Å². The van der Waals surface area contributed by atoms with Gasteiger partial charge in [0.25, 0.3) is 5.91 Å². The van der Waals surface area contributed by atoms with Crippen molar-refractivity contribution >= 4 is 23.4 Å². The zero-order valence-electron chi connectivity index (χ0n) is 17.3. The second kappa shape index (κ2) is 8.18. The molecule has 1 atom stereocenters. The number of aromatic nitrogens is 4. The minimum absolute atomic E-state index is 0.216. The van der Waals surface area contributed by atoms with Gasteiger partial charge in [-0.1, -0.05) is 0 Å². The number of nitrogens with zero attached hydrogens (tertiary/aromatic N) is 6. The van der Waals surface area contributed by atoms with Crippen molar-refractivity contribution in [2.75, 3.05) is 48.3 Å². The fourth-order valence-electron chi connectivity index (χ4n) is 3.96. The summed E-state index contributed by atoms with van der Waals surface area (Å²) in [6, 6.07) is 2.30. The van der Waals surface area contributed by atoms with Crippen LogP contribution in [-0.4, -0.2) is 65.1 Å². The molecular formula is C20H28N8O. The Bertz CT molecular complexity index is 896. The van der Waals surface area contributed by atoms with Crippen LogP contribution in [0.25, 0.3) is 0 Å². The number of rotatable bonds is 5. The van der Waals surface area contributed by atoms with Crippen molar-refractivity contribution in [1.29, 1.82) is 0 Å². The first-order chi connectivity index (χ1) is 14.0. The summed E-state index contributed by atoms with van der Waals surface area (Å²) in [4.78, 5) is 34.2. The van der Waals surface area contributed by atoms with Crippen molar-refractivity contribution in [3.8, 4) is 0 Å². The molecule has 2 fully saturated rings. The Morgan fingerprint density at radius 3 is 2.66 bits per heavy atom. The van der Waals surface area contributed by atoms with Crippen LogP contribution in [0.1, 0.15) is 41.1 Å². The van der Waals surface area contributed by atoms with Gasteiger partial charge in [0.1, 0.15) is 23.8 Å². The van der Waals surface area contributed by atoms with Crippen LogP contribution < -0.4 is 20.4 Å². The molecule has 4 rings (SSSR count). The second-order valence-corrected chi connectivity index (χ2v) is 7.69. The highest BCUT2D eigenvalue weighted by Gasteiger charge is 2.27. The van der Waals surface area contributed by atoms with E-state index in [1.807, 2.05) is 19.9 Å². The lowest BCUT2D eigenvalue weighted by Gasteiger charge is -2.22. The maximum atomic E-state index is 12.0. The molecule has 9 heteroatoms. The standard InChI is InChI=1S/C20H28N8O/c1-13-14(2)24-18(20(29)21-3)26-19(13)28-9-6-15(11-28)25-16-10-17(23-12-22-16)27-7-4-5-8-27/h10,12,15H,4-9,11H2,1-3H3,(H,21,29)(H,22,23,25)/t15-/m1/s1. The zero-order valence-corrected chi connectivity index (χ0v) is 17.3. The number of amides is 1. The van der Waals surface area contributed by atoms with Crippen LogP contribution in [0.15, 0.2) is 12.4 Å². The van der Waals surface area contributed by atoms with E-state index in [4.69, 9.17) is 0 Å². The molecule has 0 spiro atoms. The average Bonchev–Trinajstić information content (AvgIpc) is 3.42. The number of aryl methyl sites for hydroxylation is 1. The first-order valence-electron chi connectivity index (χ1n) is 10.2. The predicted molar refractivity (Wildman–Crippen MR) is 113 cm³/mol. The van der Waals surface area contributed by atoms with E-state index in [1.165, 1.54) is 12.8 Å². The Labute approximate surface area is 171 Å². The SMILES string of the molecule is CNC(=O)c1nc(C)c(C)c(N2CC[C@@H](Nc3cc(N4CCCC4)ncn3)C2)n1. The number of carbonyl (C=O) groups is 1. The molecule has 154 valence electrons. The maximum absolute atomic E-state index is 12.0. The van der Waals surface area contributed by atoms with Crippen molar-refractivity contribution in [2.45, 2.75) is 39.2 Å². The van der Waals surface area contributed by atoms with Gasteiger partial charge in [-0.15, -0.1) is 0 Å². The van der Waals surface area contributed by atoms with Crippen molar-refractivity contribution in [3.05, 3.63) is 29.5 Å². The lowest BCUT2D eigenvalue weighted by molar-refractivity contribution is 0.0952. The number of nitrogens with one attached hydrogen (secondary N) is 2. The number of anilines is 3. The molecule has 2 aliphatic heterocycles. The lowest BCUT2D eigenvalue weighted by atomic mass is 10.2. The topological polar surface area (TPSA) is 99.2 Å². The summed E-state index contributed by atoms with van der Waals surface area (Å²) in [5.74, 6) is 2.63. The summed E-state index contributed by atoms with van der Waals surface area (Å²) < 4.78 is 0. The van der Waals surface area contributed by atoms with Crippen LogP contribution in [0, 0.1) is 13.8 Å². The van der Waals surface area contributed by atoms with Crippen LogP contribution >= 0.6 is 0 Å². The van der Waals surface area contributed by atoms with Crippen LogP contribution in [0.5, 0.6) is 0 Å². The van der Waals surface area contributed by atoms with Gasteiger partial charge in [-0.2, -0.15) is 0 Å². The molecule has 2 aromatic rings. The van der Waals surface area contributed by atoms with Crippen molar-refractivity contribution < 1.29 is 4.79 Å². The molecular weight excluding hydrogens is 368 g/mol.